The number of nitrogens with one attached hydrogen (secondary N) is 1. The van der Waals surface area contributed by atoms with E-state index in [2.05, 4.69) is 5.32 Å². The van der Waals surface area contributed by atoms with Gasteiger partial charge in [-0.25, -0.2) is 0 Å². The van der Waals surface area contributed by atoms with Gasteiger partial charge in [-0.15, -0.1) is 0 Å². The number of carbonyl (C=O) groups is 1. The Balaban J connectivity index is 2.70. The van der Waals surface area contributed by atoms with E-state index in [1.807, 2.05) is 0 Å². The largest absolute Gasteiger partial charge is 0.389 e. The minimum Gasteiger partial charge on any atom is -0.330 e. The van der Waals surface area contributed by atoms with E-state index in [0.29, 0.717) is 11.3 Å². The van der Waals surface area contributed by atoms with Crippen molar-refractivity contribution in [2.45, 2.75) is 25.4 Å². The molecule has 18 heavy (non-hydrogen) atoms. The van der Waals surface area contributed by atoms with Crippen LogP contribution in [0.2, 0.25) is 0 Å². The van der Waals surface area contributed by atoms with E-state index in [1.54, 1.807) is 24.3 Å². The number of rotatable bonds is 5. The monoisotopic (exact) mass is 260 g/mol. The normalized spacial score (nSPS) is 11.3. The molecule has 100 valence electrons. The Morgan fingerprint density at radius 3 is 2.56 bits per heavy atom. The molecule has 0 saturated heterocycles. The number of amides is 1. The second-order valence-corrected chi connectivity index (χ2v) is 3.86. The Kier molecular flexibility index (Phi) is 5.15. The first-order valence-corrected chi connectivity index (χ1v) is 5.57. The number of anilines is 1. The first kappa shape index (κ1) is 14.5. The number of aryl methyl sites for hydroxylation is 1. The molecule has 0 aliphatic heterocycles. The number of carbonyl (C=O) groups excluding carboxylic acids is 1. The van der Waals surface area contributed by atoms with Crippen molar-refractivity contribution in [3.63, 3.8) is 0 Å². The maximum absolute atomic E-state index is 12.2. The van der Waals surface area contributed by atoms with E-state index in [0.717, 1.165) is 0 Å². The highest BCUT2D eigenvalue weighted by atomic mass is 19.4. The van der Waals surface area contributed by atoms with E-state index >= 15 is 0 Å². The summed E-state index contributed by atoms with van der Waals surface area (Å²) in [5.74, 6) is -0.294. The molecular formula is C12H15F3N2O. The van der Waals surface area contributed by atoms with Crippen LogP contribution in [0.15, 0.2) is 24.3 Å². The summed E-state index contributed by atoms with van der Waals surface area (Å²) in [5, 5.41) is 2.56. The van der Waals surface area contributed by atoms with Crippen molar-refractivity contribution in [1.82, 2.24) is 0 Å². The van der Waals surface area contributed by atoms with Crippen molar-refractivity contribution >= 4 is 11.6 Å². The van der Waals surface area contributed by atoms with Crippen molar-refractivity contribution in [3.8, 4) is 0 Å². The van der Waals surface area contributed by atoms with Gasteiger partial charge < -0.3 is 11.1 Å². The summed E-state index contributed by atoms with van der Waals surface area (Å²) in [7, 11) is 0. The average Bonchev–Trinajstić information content (AvgIpc) is 2.27. The molecule has 0 unspecified atom stereocenters. The average molecular weight is 260 g/mol. The Bertz CT molecular complexity index is 405. The van der Waals surface area contributed by atoms with Crippen LogP contribution in [0.4, 0.5) is 18.9 Å². The molecule has 0 aliphatic carbocycles. The third-order valence-corrected chi connectivity index (χ3v) is 2.34. The molecule has 0 bridgehead atoms. The molecule has 0 saturated carbocycles. The number of para-hydroxylation sites is 1. The highest BCUT2D eigenvalue weighted by molar-refractivity contribution is 5.91. The van der Waals surface area contributed by atoms with Gasteiger partial charge in [-0.3, -0.25) is 4.79 Å². The van der Waals surface area contributed by atoms with Gasteiger partial charge >= 0.3 is 6.18 Å². The van der Waals surface area contributed by atoms with Crippen LogP contribution in [0, 0.1) is 0 Å². The van der Waals surface area contributed by atoms with Gasteiger partial charge in [0.1, 0.15) is 0 Å². The van der Waals surface area contributed by atoms with Gasteiger partial charge in [0.05, 0.1) is 0 Å². The molecule has 0 aliphatic rings. The number of benzene rings is 1. The molecule has 0 radical (unpaired) electrons. The van der Waals surface area contributed by atoms with Crippen LogP contribution in [-0.2, 0) is 11.2 Å². The molecule has 1 rings (SSSR count). The molecule has 0 aromatic heterocycles. The third-order valence-electron chi connectivity index (χ3n) is 2.34. The molecule has 3 nitrogen and oxygen atoms in total. The van der Waals surface area contributed by atoms with Gasteiger partial charge in [0.15, 0.2) is 0 Å². The number of hydrogen-bond acceptors (Lipinski definition) is 2. The van der Waals surface area contributed by atoms with Crippen LogP contribution in [0.5, 0.6) is 0 Å². The summed E-state index contributed by atoms with van der Waals surface area (Å²) < 4.78 is 36.5. The molecule has 1 amide bonds. The zero-order chi connectivity index (χ0) is 13.6. The number of alkyl halides is 3. The van der Waals surface area contributed by atoms with Crippen molar-refractivity contribution in [3.05, 3.63) is 29.8 Å². The maximum Gasteiger partial charge on any atom is 0.389 e. The number of hydrogen-bond donors (Lipinski definition) is 2. The minimum atomic E-state index is -4.20. The molecule has 0 fully saturated rings. The summed E-state index contributed by atoms with van der Waals surface area (Å²) in [5.41, 5.74) is 6.12. The topological polar surface area (TPSA) is 55.1 Å². The van der Waals surface area contributed by atoms with Gasteiger partial charge in [0, 0.05) is 25.1 Å². The van der Waals surface area contributed by atoms with E-state index in [9.17, 15) is 18.0 Å². The van der Waals surface area contributed by atoms with Crippen molar-refractivity contribution in [1.29, 1.82) is 0 Å². The lowest BCUT2D eigenvalue weighted by Crippen LogP contribution is -2.17. The summed E-state index contributed by atoms with van der Waals surface area (Å²) in [6.45, 7) is 0.205. The number of halogens is 3. The molecule has 1 aromatic carbocycles. The second kappa shape index (κ2) is 6.39. The van der Waals surface area contributed by atoms with E-state index in [1.165, 1.54) is 0 Å². The van der Waals surface area contributed by atoms with Gasteiger partial charge in [0.25, 0.3) is 0 Å². The molecule has 1 aromatic rings. The summed E-state index contributed by atoms with van der Waals surface area (Å²) in [6.07, 6.45) is -5.11. The van der Waals surface area contributed by atoms with Crippen molar-refractivity contribution in [2.24, 2.45) is 5.73 Å². The second-order valence-electron chi connectivity index (χ2n) is 3.86. The van der Waals surface area contributed by atoms with Crippen LogP contribution in [0.3, 0.4) is 0 Å². The van der Waals surface area contributed by atoms with Crippen LogP contribution < -0.4 is 11.1 Å². The highest BCUT2D eigenvalue weighted by Crippen LogP contribution is 2.25. The summed E-state index contributed by atoms with van der Waals surface area (Å²) in [4.78, 5) is 11.4. The summed E-state index contributed by atoms with van der Waals surface area (Å²) >= 11 is 0. The summed E-state index contributed by atoms with van der Waals surface area (Å²) in [6, 6.07) is 6.46. The Hall–Kier alpha value is -1.56. The molecule has 3 N–H and O–H groups in total. The lowest BCUT2D eigenvalue weighted by Gasteiger charge is -2.12. The molecule has 0 heterocycles. The predicted octanol–water partition coefficient (Wildman–Crippen LogP) is 2.47. The fourth-order valence-corrected chi connectivity index (χ4v) is 1.48. The van der Waals surface area contributed by atoms with E-state index in [-0.39, 0.29) is 25.3 Å². The number of nitrogens with two attached hydrogens (primary N) is 1. The van der Waals surface area contributed by atoms with Crippen molar-refractivity contribution < 1.29 is 18.0 Å². The van der Waals surface area contributed by atoms with Crippen LogP contribution in [-0.4, -0.2) is 18.6 Å². The first-order chi connectivity index (χ1) is 8.42. The Morgan fingerprint density at radius 1 is 1.28 bits per heavy atom. The first-order valence-electron chi connectivity index (χ1n) is 5.57. The molecule has 6 heteroatoms. The van der Waals surface area contributed by atoms with Crippen LogP contribution >= 0.6 is 0 Å². The maximum atomic E-state index is 12.2. The third kappa shape index (κ3) is 5.18. The lowest BCUT2D eigenvalue weighted by atomic mass is 10.1. The zero-order valence-corrected chi connectivity index (χ0v) is 9.76. The Labute approximate surface area is 103 Å². The van der Waals surface area contributed by atoms with Crippen LogP contribution in [0.25, 0.3) is 0 Å². The zero-order valence-electron chi connectivity index (χ0n) is 9.76. The SMILES string of the molecule is NCCC(=O)Nc1ccccc1CCC(F)(F)F. The fraction of sp³-hybridized carbons (Fsp3) is 0.417. The standard InChI is InChI=1S/C12H15F3N2O/c13-12(14,15)7-5-9-3-1-2-4-10(9)17-11(18)6-8-16/h1-4H,5-8,16H2,(H,17,18). The quantitative estimate of drug-likeness (QED) is 0.854. The Morgan fingerprint density at radius 2 is 1.94 bits per heavy atom. The molecular weight excluding hydrogens is 245 g/mol. The van der Waals surface area contributed by atoms with Gasteiger partial charge in [-0.2, -0.15) is 13.2 Å². The van der Waals surface area contributed by atoms with Crippen molar-refractivity contribution in [2.75, 3.05) is 11.9 Å². The van der Waals surface area contributed by atoms with E-state index in [4.69, 9.17) is 5.73 Å². The molecule has 0 atom stereocenters. The fourth-order valence-electron chi connectivity index (χ4n) is 1.48. The smallest absolute Gasteiger partial charge is 0.330 e. The predicted molar refractivity (Wildman–Crippen MR) is 63.1 cm³/mol. The van der Waals surface area contributed by atoms with Gasteiger partial charge in [-0.1, -0.05) is 18.2 Å². The molecule has 0 spiro atoms. The minimum absolute atomic E-state index is 0.146. The van der Waals surface area contributed by atoms with Crippen LogP contribution in [0.1, 0.15) is 18.4 Å². The van der Waals surface area contributed by atoms with E-state index < -0.39 is 12.6 Å². The lowest BCUT2D eigenvalue weighted by molar-refractivity contribution is -0.133. The van der Waals surface area contributed by atoms with Gasteiger partial charge in [0.2, 0.25) is 5.91 Å². The highest BCUT2D eigenvalue weighted by Gasteiger charge is 2.26. The van der Waals surface area contributed by atoms with Gasteiger partial charge in [-0.05, 0) is 18.1 Å².